The van der Waals surface area contributed by atoms with Crippen LogP contribution in [0, 0.1) is 6.92 Å². The maximum absolute atomic E-state index is 11.5. The van der Waals surface area contributed by atoms with Crippen molar-refractivity contribution in [2.45, 2.75) is 13.0 Å². The van der Waals surface area contributed by atoms with Crippen LogP contribution in [0.1, 0.15) is 11.1 Å². The molecule has 3 N–H and O–H groups in total. The van der Waals surface area contributed by atoms with Crippen molar-refractivity contribution in [1.29, 1.82) is 0 Å². The van der Waals surface area contributed by atoms with Gasteiger partial charge in [0.25, 0.3) is 0 Å². The Morgan fingerprint density at radius 3 is 2.89 bits per heavy atom. The molecule has 1 saturated heterocycles. The number of aromatic hydroxyl groups is 1. The van der Waals surface area contributed by atoms with E-state index in [9.17, 15) is 9.90 Å². The van der Waals surface area contributed by atoms with Crippen LogP contribution in [0.25, 0.3) is 6.08 Å². The molecule has 1 aromatic rings. The van der Waals surface area contributed by atoms with Crippen molar-refractivity contribution >= 4 is 23.6 Å². The number of hydrogen-bond acceptors (Lipinski definition) is 3. The minimum atomic E-state index is -0.169. The molecular weight excluding hydrogens is 252 g/mol. The Morgan fingerprint density at radius 1 is 1.56 bits per heavy atom. The largest absolute Gasteiger partial charge is 0.507 e. The molecule has 1 amide bonds. The number of phenols is 1. The zero-order valence-electron chi connectivity index (χ0n) is 10.0. The van der Waals surface area contributed by atoms with Crippen molar-refractivity contribution < 1.29 is 9.90 Å². The minimum Gasteiger partial charge on any atom is -0.507 e. The summed E-state index contributed by atoms with van der Waals surface area (Å²) in [5.74, 6) is -0.0520. The Morgan fingerprint density at radius 2 is 2.28 bits per heavy atom. The van der Waals surface area contributed by atoms with E-state index in [-0.39, 0.29) is 17.7 Å². The molecule has 4 nitrogen and oxygen atoms in total. The van der Waals surface area contributed by atoms with Crippen LogP contribution in [0.15, 0.2) is 18.2 Å². The molecule has 2 rings (SSSR count). The number of aryl methyl sites for hydroxylation is 1. The molecule has 0 atom stereocenters. The standard InChI is InChI=1S/C13H15ClN2O2/c1-8-4-12(17)9(5-11(8)14)2-3-13(18)16-10-6-15-7-10/h2-5,10,15,17H,6-7H2,1H3,(H,16,18). The maximum Gasteiger partial charge on any atom is 0.244 e. The SMILES string of the molecule is Cc1cc(O)c(C=CC(=O)NC2CNC2)cc1Cl. The van der Waals surface area contributed by atoms with Crippen LogP contribution in [0.4, 0.5) is 0 Å². The third-order valence-electron chi connectivity index (χ3n) is 2.85. The fourth-order valence-electron chi connectivity index (χ4n) is 1.62. The summed E-state index contributed by atoms with van der Waals surface area (Å²) in [7, 11) is 0. The molecule has 0 unspecified atom stereocenters. The Labute approximate surface area is 111 Å². The quantitative estimate of drug-likeness (QED) is 0.726. The number of rotatable bonds is 3. The molecule has 0 aliphatic carbocycles. The van der Waals surface area contributed by atoms with Gasteiger partial charge in [-0.25, -0.2) is 0 Å². The van der Waals surface area contributed by atoms with Gasteiger partial charge >= 0.3 is 0 Å². The molecule has 0 aromatic heterocycles. The number of phenolic OH excluding ortho intramolecular Hbond substituents is 1. The predicted molar refractivity (Wildman–Crippen MR) is 71.7 cm³/mol. The van der Waals surface area contributed by atoms with Gasteiger partial charge in [-0.15, -0.1) is 0 Å². The molecule has 0 bridgehead atoms. The molecule has 0 saturated carbocycles. The second-order valence-corrected chi connectivity index (χ2v) is 4.76. The smallest absolute Gasteiger partial charge is 0.244 e. The van der Waals surface area contributed by atoms with Gasteiger partial charge in [-0.05, 0) is 30.7 Å². The van der Waals surface area contributed by atoms with Crippen molar-refractivity contribution in [2.24, 2.45) is 0 Å². The molecule has 0 radical (unpaired) electrons. The highest BCUT2D eigenvalue weighted by Gasteiger charge is 2.17. The first-order chi connectivity index (χ1) is 8.56. The summed E-state index contributed by atoms with van der Waals surface area (Å²) >= 11 is 5.96. The fraction of sp³-hybridized carbons (Fsp3) is 0.308. The van der Waals surface area contributed by atoms with Crippen molar-refractivity contribution in [3.05, 3.63) is 34.4 Å². The lowest BCUT2D eigenvalue weighted by Crippen LogP contribution is -2.56. The van der Waals surface area contributed by atoms with Crippen molar-refractivity contribution in [3.63, 3.8) is 0 Å². The monoisotopic (exact) mass is 266 g/mol. The minimum absolute atomic E-state index is 0.117. The van der Waals surface area contributed by atoms with Crippen LogP contribution in [0.2, 0.25) is 5.02 Å². The van der Waals surface area contributed by atoms with Gasteiger partial charge in [0.1, 0.15) is 5.75 Å². The number of carbonyl (C=O) groups is 1. The lowest BCUT2D eigenvalue weighted by molar-refractivity contribution is -0.117. The van der Waals surface area contributed by atoms with Gasteiger partial charge in [0.05, 0.1) is 6.04 Å². The summed E-state index contributed by atoms with van der Waals surface area (Å²) in [6.07, 6.45) is 2.96. The molecule has 1 aromatic carbocycles. The Kier molecular flexibility index (Phi) is 3.89. The summed E-state index contributed by atoms with van der Waals surface area (Å²) in [5, 5.41) is 16.2. The fourth-order valence-corrected chi connectivity index (χ4v) is 1.79. The first-order valence-electron chi connectivity index (χ1n) is 5.74. The van der Waals surface area contributed by atoms with Gasteiger partial charge in [0.15, 0.2) is 0 Å². The lowest BCUT2D eigenvalue weighted by Gasteiger charge is -2.27. The lowest BCUT2D eigenvalue weighted by atomic mass is 10.1. The summed E-state index contributed by atoms with van der Waals surface area (Å²) in [6, 6.07) is 3.42. The number of hydrogen-bond donors (Lipinski definition) is 3. The van der Waals surface area contributed by atoms with E-state index in [1.54, 1.807) is 18.2 Å². The molecule has 18 heavy (non-hydrogen) atoms. The zero-order chi connectivity index (χ0) is 13.1. The molecule has 1 heterocycles. The zero-order valence-corrected chi connectivity index (χ0v) is 10.8. The second-order valence-electron chi connectivity index (χ2n) is 4.36. The highest BCUT2D eigenvalue weighted by molar-refractivity contribution is 6.31. The summed E-state index contributed by atoms with van der Waals surface area (Å²) in [4.78, 5) is 11.5. The Bertz CT molecular complexity index is 496. The van der Waals surface area contributed by atoms with Gasteiger partial charge in [0.2, 0.25) is 5.91 Å². The molecule has 1 fully saturated rings. The van der Waals surface area contributed by atoms with E-state index in [4.69, 9.17) is 11.6 Å². The van der Waals surface area contributed by atoms with Crippen molar-refractivity contribution in [1.82, 2.24) is 10.6 Å². The summed E-state index contributed by atoms with van der Waals surface area (Å²) < 4.78 is 0. The van der Waals surface area contributed by atoms with Crippen LogP contribution < -0.4 is 10.6 Å². The molecule has 1 aliphatic rings. The third kappa shape index (κ3) is 3.03. The van der Waals surface area contributed by atoms with Gasteiger partial charge in [-0.1, -0.05) is 11.6 Å². The molecule has 1 aliphatic heterocycles. The highest BCUT2D eigenvalue weighted by Crippen LogP contribution is 2.26. The average Bonchev–Trinajstić information content (AvgIpc) is 2.27. The number of nitrogens with one attached hydrogen (secondary N) is 2. The molecule has 0 spiro atoms. The van der Waals surface area contributed by atoms with E-state index in [0.717, 1.165) is 18.7 Å². The van der Waals surface area contributed by atoms with Gasteiger partial charge in [-0.3, -0.25) is 4.79 Å². The van der Waals surface area contributed by atoms with Crippen LogP contribution in [-0.4, -0.2) is 30.1 Å². The Balaban J connectivity index is 2.03. The first kappa shape index (κ1) is 12.9. The van der Waals surface area contributed by atoms with E-state index in [1.165, 1.54) is 6.08 Å². The number of amides is 1. The summed E-state index contributed by atoms with van der Waals surface area (Å²) in [6.45, 7) is 3.42. The van der Waals surface area contributed by atoms with E-state index >= 15 is 0 Å². The third-order valence-corrected chi connectivity index (χ3v) is 3.26. The maximum atomic E-state index is 11.5. The van der Waals surface area contributed by atoms with Gasteiger partial charge in [-0.2, -0.15) is 0 Å². The topological polar surface area (TPSA) is 61.4 Å². The van der Waals surface area contributed by atoms with E-state index in [2.05, 4.69) is 10.6 Å². The molecular formula is C13H15ClN2O2. The van der Waals surface area contributed by atoms with E-state index in [1.807, 2.05) is 6.92 Å². The molecule has 5 heteroatoms. The van der Waals surface area contributed by atoms with Gasteiger partial charge < -0.3 is 15.7 Å². The van der Waals surface area contributed by atoms with E-state index < -0.39 is 0 Å². The van der Waals surface area contributed by atoms with Gasteiger partial charge in [0, 0.05) is 29.8 Å². The van der Waals surface area contributed by atoms with Crippen LogP contribution in [-0.2, 0) is 4.79 Å². The first-order valence-corrected chi connectivity index (χ1v) is 6.12. The summed E-state index contributed by atoms with van der Waals surface area (Å²) in [5.41, 5.74) is 1.34. The predicted octanol–water partition coefficient (Wildman–Crippen LogP) is 1.46. The molecule has 96 valence electrons. The van der Waals surface area contributed by atoms with Crippen molar-refractivity contribution in [2.75, 3.05) is 13.1 Å². The van der Waals surface area contributed by atoms with E-state index in [0.29, 0.717) is 10.6 Å². The number of carbonyl (C=O) groups excluding carboxylic acids is 1. The number of halogens is 1. The normalized spacial score (nSPS) is 15.7. The van der Waals surface area contributed by atoms with Crippen LogP contribution >= 0.6 is 11.6 Å². The average molecular weight is 267 g/mol. The second kappa shape index (κ2) is 5.42. The number of benzene rings is 1. The van der Waals surface area contributed by atoms with Crippen LogP contribution in [0.3, 0.4) is 0 Å². The van der Waals surface area contributed by atoms with Crippen LogP contribution in [0.5, 0.6) is 5.75 Å². The Hall–Kier alpha value is -1.52. The van der Waals surface area contributed by atoms with Crippen molar-refractivity contribution in [3.8, 4) is 5.75 Å². The highest BCUT2D eigenvalue weighted by atomic mass is 35.5.